The Morgan fingerprint density at radius 1 is 1.10 bits per heavy atom. The fourth-order valence-corrected chi connectivity index (χ4v) is 5.15. The minimum atomic E-state index is -4.86. The van der Waals surface area contributed by atoms with Gasteiger partial charge in [-0.2, -0.15) is 22.8 Å². The minimum Gasteiger partial charge on any atom is -0.483 e. The van der Waals surface area contributed by atoms with Crippen LogP contribution in [-0.2, 0) is 18.0 Å². The first-order valence-corrected chi connectivity index (χ1v) is 13.1. The molecule has 2 heterocycles. The number of rotatable bonds is 6. The first kappa shape index (κ1) is 28.3. The highest BCUT2D eigenvalue weighted by atomic mass is 32.1. The van der Waals surface area contributed by atoms with Crippen molar-refractivity contribution in [2.24, 2.45) is 7.05 Å². The molecule has 0 fully saturated rings. The number of anilines is 1. The number of aryl methyl sites for hydroxylation is 1. The van der Waals surface area contributed by atoms with Crippen LogP contribution >= 0.6 is 11.5 Å². The Balaban J connectivity index is 1.40. The van der Waals surface area contributed by atoms with Crippen molar-refractivity contribution < 1.29 is 22.7 Å². The van der Waals surface area contributed by atoms with E-state index in [0.717, 1.165) is 11.7 Å². The normalized spacial score (nSPS) is 11.3. The molecule has 0 aliphatic rings. The predicted molar refractivity (Wildman–Crippen MR) is 151 cm³/mol. The molecule has 42 heavy (non-hydrogen) atoms. The molecule has 0 unspecified atom stereocenters. The van der Waals surface area contributed by atoms with Crippen LogP contribution in [0.5, 0.6) is 5.75 Å². The van der Waals surface area contributed by atoms with Gasteiger partial charge in [0.05, 0.1) is 27.7 Å². The number of benzene rings is 3. The number of halogens is 3. The molecule has 0 aliphatic heterocycles. The molecule has 0 radical (unpaired) electrons. The molecule has 0 bridgehead atoms. The zero-order valence-electron chi connectivity index (χ0n) is 22.0. The summed E-state index contributed by atoms with van der Waals surface area (Å²) >= 11 is 1.18. The van der Waals surface area contributed by atoms with Gasteiger partial charge >= 0.3 is 11.9 Å². The molecule has 2 aromatic heterocycles. The van der Waals surface area contributed by atoms with Crippen LogP contribution in [0.3, 0.4) is 0 Å². The van der Waals surface area contributed by atoms with Gasteiger partial charge in [-0.1, -0.05) is 6.07 Å². The fourth-order valence-electron chi connectivity index (χ4n) is 4.37. The number of hydrogen-bond donors (Lipinski definition) is 1. The van der Waals surface area contributed by atoms with Gasteiger partial charge in [-0.25, -0.2) is 9.36 Å². The maximum absolute atomic E-state index is 13.3. The van der Waals surface area contributed by atoms with Crippen LogP contribution in [0.25, 0.3) is 27.0 Å². The molecule has 0 aliphatic carbocycles. The number of aromatic nitrogens is 3. The van der Waals surface area contributed by atoms with Gasteiger partial charge in [0.2, 0.25) is 0 Å². The Labute approximate surface area is 239 Å². The number of fused-ring (bicyclic) bond motifs is 1. The second kappa shape index (κ2) is 11.0. The molecule has 0 atom stereocenters. The zero-order valence-corrected chi connectivity index (χ0v) is 22.8. The van der Waals surface area contributed by atoms with E-state index in [1.165, 1.54) is 23.7 Å². The van der Waals surface area contributed by atoms with E-state index < -0.39 is 29.0 Å². The lowest BCUT2D eigenvalue weighted by atomic mass is 10.0. The summed E-state index contributed by atoms with van der Waals surface area (Å²) in [6.07, 6.45) is -4.86. The summed E-state index contributed by atoms with van der Waals surface area (Å²) in [5.74, 6) is 0.0518. The summed E-state index contributed by atoms with van der Waals surface area (Å²) in [6.45, 7) is 1.52. The molecule has 0 spiro atoms. The van der Waals surface area contributed by atoms with Crippen LogP contribution < -0.4 is 21.3 Å². The molecule has 1 amide bonds. The molecule has 5 aromatic rings. The van der Waals surface area contributed by atoms with Crippen molar-refractivity contribution >= 4 is 33.2 Å². The number of amides is 1. The lowest BCUT2D eigenvalue weighted by molar-refractivity contribution is -0.144. The van der Waals surface area contributed by atoms with Gasteiger partial charge in [-0.3, -0.25) is 14.2 Å². The van der Waals surface area contributed by atoms with Crippen LogP contribution in [0.4, 0.5) is 18.9 Å². The number of ether oxygens (including phenoxy) is 1. The molecule has 3 aromatic carbocycles. The van der Waals surface area contributed by atoms with Crippen LogP contribution in [0.15, 0.2) is 76.3 Å². The van der Waals surface area contributed by atoms with E-state index >= 15 is 0 Å². The van der Waals surface area contributed by atoms with Crippen molar-refractivity contribution in [3.8, 4) is 28.8 Å². The fraction of sp³-hybridized carbons (Fsp3) is 0.138. The van der Waals surface area contributed by atoms with Crippen molar-refractivity contribution in [3.05, 3.63) is 104 Å². The van der Waals surface area contributed by atoms with Crippen LogP contribution in [0.1, 0.15) is 16.8 Å². The van der Waals surface area contributed by atoms with E-state index in [0.29, 0.717) is 54.4 Å². The summed E-state index contributed by atoms with van der Waals surface area (Å²) < 4.78 is 51.8. The largest absolute Gasteiger partial charge is 0.483 e. The highest BCUT2D eigenvalue weighted by Crippen LogP contribution is 2.34. The first-order chi connectivity index (χ1) is 20.0. The zero-order chi connectivity index (χ0) is 30.2. The Kier molecular flexibility index (Phi) is 7.40. The number of nitrogens with one attached hydrogen (secondary N) is 1. The number of nitriles is 1. The molecular formula is C29H20F3N5O4S. The van der Waals surface area contributed by atoms with E-state index in [9.17, 15) is 27.6 Å². The Morgan fingerprint density at radius 2 is 1.88 bits per heavy atom. The molecule has 9 nitrogen and oxygen atoms in total. The number of nitrogens with zero attached hydrogens (tertiary/aromatic N) is 4. The lowest BCUT2D eigenvalue weighted by Gasteiger charge is -2.14. The minimum absolute atomic E-state index is 0.103. The Bertz CT molecular complexity index is 2020. The van der Waals surface area contributed by atoms with Gasteiger partial charge in [0.25, 0.3) is 11.5 Å². The van der Waals surface area contributed by atoms with Crippen LogP contribution in [0.2, 0.25) is 0 Å². The number of carbonyl (C=O) groups is 1. The summed E-state index contributed by atoms with van der Waals surface area (Å²) in [5, 5.41) is 12.3. The topological polar surface area (TPSA) is 119 Å². The van der Waals surface area contributed by atoms with E-state index in [4.69, 9.17) is 10.00 Å². The van der Waals surface area contributed by atoms with Crippen molar-refractivity contribution in [2.45, 2.75) is 13.1 Å². The van der Waals surface area contributed by atoms with E-state index in [1.807, 2.05) is 6.07 Å². The molecule has 212 valence electrons. The number of carbonyl (C=O) groups excluding carboxylic acids is 1. The highest BCUT2D eigenvalue weighted by molar-refractivity contribution is 7.13. The van der Waals surface area contributed by atoms with Gasteiger partial charge in [0.1, 0.15) is 11.4 Å². The number of alkyl halides is 3. The van der Waals surface area contributed by atoms with Gasteiger partial charge in [0, 0.05) is 29.8 Å². The third kappa shape index (κ3) is 5.52. The smallest absolute Gasteiger partial charge is 0.431 e. The highest BCUT2D eigenvalue weighted by Gasteiger charge is 2.35. The maximum atomic E-state index is 13.3. The van der Waals surface area contributed by atoms with Gasteiger partial charge in [0.15, 0.2) is 6.61 Å². The molecule has 5 rings (SSSR count). The average Bonchev–Trinajstić information content (AvgIpc) is 3.37. The predicted octanol–water partition coefficient (Wildman–Crippen LogP) is 5.03. The summed E-state index contributed by atoms with van der Waals surface area (Å²) in [6, 6.07) is 18.8. The lowest BCUT2D eigenvalue weighted by Crippen LogP contribution is -2.40. The summed E-state index contributed by atoms with van der Waals surface area (Å²) in [7, 11) is 0.958. The van der Waals surface area contributed by atoms with Gasteiger partial charge in [-0.05, 0) is 78.6 Å². The second-order valence-electron chi connectivity index (χ2n) is 9.26. The third-order valence-electron chi connectivity index (χ3n) is 6.40. The first-order valence-electron chi connectivity index (χ1n) is 12.3. The van der Waals surface area contributed by atoms with Crippen molar-refractivity contribution in [1.82, 2.24) is 13.5 Å². The monoisotopic (exact) mass is 591 g/mol. The SMILES string of the molecule is Cc1cc(-c2nsc3ccc(-n4c(=O)cc(C(F)(F)F)n(C)c4=O)cc23)ccc1OCC(=O)Nc1cccc(C#N)c1. The summed E-state index contributed by atoms with van der Waals surface area (Å²) in [5.41, 5.74) is -0.644. The van der Waals surface area contributed by atoms with Gasteiger partial charge in [-0.15, -0.1) is 0 Å². The maximum Gasteiger partial charge on any atom is 0.431 e. The van der Waals surface area contributed by atoms with Crippen molar-refractivity contribution in [1.29, 1.82) is 5.26 Å². The standard InChI is InChI=1S/C29H20F3N5O4S/c1-16-10-18(6-8-22(16)41-15-25(38)34-19-5-3-4-17(11-19)14-33)27-21-12-20(7-9-23(21)42-35-27)37-26(39)13-24(29(30,31)32)36(2)28(37)40/h3-13H,15H2,1-2H3,(H,34,38). The summed E-state index contributed by atoms with van der Waals surface area (Å²) in [4.78, 5) is 37.7. The number of hydrogen-bond acceptors (Lipinski definition) is 7. The molecule has 0 saturated carbocycles. The third-order valence-corrected chi connectivity index (χ3v) is 7.23. The Morgan fingerprint density at radius 3 is 2.60 bits per heavy atom. The van der Waals surface area contributed by atoms with Crippen LogP contribution in [0, 0.1) is 18.3 Å². The van der Waals surface area contributed by atoms with Crippen molar-refractivity contribution in [3.63, 3.8) is 0 Å². The molecule has 1 N–H and O–H groups in total. The molecule has 0 saturated heterocycles. The Hall–Kier alpha value is -5.22. The quantitative estimate of drug-likeness (QED) is 0.296. The van der Waals surface area contributed by atoms with E-state index in [1.54, 1.807) is 55.5 Å². The molecular weight excluding hydrogens is 571 g/mol. The average molecular weight is 592 g/mol. The van der Waals surface area contributed by atoms with Crippen LogP contribution in [-0.4, -0.2) is 26.0 Å². The molecule has 13 heteroatoms. The van der Waals surface area contributed by atoms with Crippen molar-refractivity contribution in [2.75, 3.05) is 11.9 Å². The second-order valence-corrected chi connectivity index (χ2v) is 10.1. The van der Waals surface area contributed by atoms with E-state index in [2.05, 4.69) is 9.69 Å². The van der Waals surface area contributed by atoms with Gasteiger partial charge < -0.3 is 10.1 Å². The van der Waals surface area contributed by atoms with E-state index in [-0.39, 0.29) is 12.3 Å².